The number of nitrogens with one attached hydrogen (secondary N) is 2. The molecule has 0 saturated heterocycles. The number of rotatable bonds is 6. The standard InChI is InChI=1S/C11H22N2O/c1-9(2)6-7-12-11(14)8-13-10-4-3-5-10/h9-10,13H,3-8H2,1-2H3,(H,12,14). The molecule has 14 heavy (non-hydrogen) atoms. The van der Waals surface area contributed by atoms with Crippen LogP contribution in [0.3, 0.4) is 0 Å². The molecular weight excluding hydrogens is 176 g/mol. The number of hydrogen-bond donors (Lipinski definition) is 2. The first-order valence-corrected chi connectivity index (χ1v) is 5.68. The van der Waals surface area contributed by atoms with Gasteiger partial charge >= 0.3 is 0 Å². The van der Waals surface area contributed by atoms with Gasteiger partial charge in [-0.05, 0) is 25.2 Å². The third-order valence-electron chi connectivity index (χ3n) is 2.70. The maximum absolute atomic E-state index is 11.3. The smallest absolute Gasteiger partial charge is 0.233 e. The van der Waals surface area contributed by atoms with Gasteiger partial charge in [-0.3, -0.25) is 4.79 Å². The van der Waals surface area contributed by atoms with Crippen molar-refractivity contribution >= 4 is 5.91 Å². The Balaban J connectivity index is 1.92. The Labute approximate surface area is 86.6 Å². The molecule has 1 rings (SSSR count). The van der Waals surface area contributed by atoms with E-state index < -0.39 is 0 Å². The van der Waals surface area contributed by atoms with Crippen molar-refractivity contribution in [2.24, 2.45) is 5.92 Å². The second kappa shape index (κ2) is 6.02. The molecule has 0 spiro atoms. The Morgan fingerprint density at radius 1 is 1.43 bits per heavy atom. The summed E-state index contributed by atoms with van der Waals surface area (Å²) >= 11 is 0. The van der Waals surface area contributed by atoms with Crippen LogP contribution in [-0.2, 0) is 4.79 Å². The summed E-state index contributed by atoms with van der Waals surface area (Å²) in [7, 11) is 0. The molecule has 1 fully saturated rings. The van der Waals surface area contributed by atoms with Gasteiger partial charge in [0, 0.05) is 12.6 Å². The second-order valence-electron chi connectivity index (χ2n) is 4.54. The summed E-state index contributed by atoms with van der Waals surface area (Å²) in [6, 6.07) is 0.603. The Morgan fingerprint density at radius 2 is 2.14 bits per heavy atom. The Bertz CT molecular complexity index is 176. The molecule has 2 N–H and O–H groups in total. The van der Waals surface area contributed by atoms with Gasteiger partial charge in [0.05, 0.1) is 6.54 Å². The molecule has 0 unspecified atom stereocenters. The highest BCUT2D eigenvalue weighted by molar-refractivity contribution is 5.77. The summed E-state index contributed by atoms with van der Waals surface area (Å²) < 4.78 is 0. The molecular formula is C11H22N2O. The molecule has 82 valence electrons. The van der Waals surface area contributed by atoms with Crippen LogP contribution in [0.15, 0.2) is 0 Å². The normalized spacial score (nSPS) is 16.8. The van der Waals surface area contributed by atoms with E-state index in [-0.39, 0.29) is 5.91 Å². The Kier molecular flexibility index (Phi) is 4.94. The summed E-state index contributed by atoms with van der Waals surface area (Å²) in [5.41, 5.74) is 0. The molecule has 0 heterocycles. The lowest BCUT2D eigenvalue weighted by Crippen LogP contribution is -2.42. The van der Waals surface area contributed by atoms with Crippen LogP contribution in [0.1, 0.15) is 39.5 Å². The van der Waals surface area contributed by atoms with Crippen molar-refractivity contribution in [3.05, 3.63) is 0 Å². The van der Waals surface area contributed by atoms with E-state index in [4.69, 9.17) is 0 Å². The van der Waals surface area contributed by atoms with E-state index >= 15 is 0 Å². The van der Waals surface area contributed by atoms with Crippen LogP contribution >= 0.6 is 0 Å². The van der Waals surface area contributed by atoms with Crippen molar-refractivity contribution < 1.29 is 4.79 Å². The first kappa shape index (κ1) is 11.5. The summed E-state index contributed by atoms with van der Waals surface area (Å²) in [6.45, 7) is 5.63. The average molecular weight is 198 g/mol. The van der Waals surface area contributed by atoms with Gasteiger partial charge in [0.1, 0.15) is 0 Å². The molecule has 0 aromatic rings. The van der Waals surface area contributed by atoms with Crippen molar-refractivity contribution in [1.29, 1.82) is 0 Å². The van der Waals surface area contributed by atoms with Gasteiger partial charge in [-0.25, -0.2) is 0 Å². The fourth-order valence-corrected chi connectivity index (χ4v) is 1.41. The Morgan fingerprint density at radius 3 is 2.64 bits per heavy atom. The van der Waals surface area contributed by atoms with Crippen molar-refractivity contribution in [3.8, 4) is 0 Å². The van der Waals surface area contributed by atoms with Crippen molar-refractivity contribution in [1.82, 2.24) is 10.6 Å². The zero-order valence-electron chi connectivity index (χ0n) is 9.31. The van der Waals surface area contributed by atoms with Gasteiger partial charge in [-0.1, -0.05) is 20.3 Å². The van der Waals surface area contributed by atoms with E-state index in [9.17, 15) is 4.79 Å². The average Bonchev–Trinajstić information content (AvgIpc) is 2.00. The highest BCUT2D eigenvalue weighted by Crippen LogP contribution is 2.17. The molecule has 1 aliphatic rings. The summed E-state index contributed by atoms with van der Waals surface area (Å²) in [4.78, 5) is 11.3. The third-order valence-corrected chi connectivity index (χ3v) is 2.70. The highest BCUT2D eigenvalue weighted by atomic mass is 16.1. The first-order valence-electron chi connectivity index (χ1n) is 5.68. The second-order valence-corrected chi connectivity index (χ2v) is 4.54. The molecule has 0 atom stereocenters. The zero-order valence-corrected chi connectivity index (χ0v) is 9.31. The van der Waals surface area contributed by atoms with E-state index in [2.05, 4.69) is 24.5 Å². The fraction of sp³-hybridized carbons (Fsp3) is 0.909. The van der Waals surface area contributed by atoms with E-state index in [0.717, 1.165) is 13.0 Å². The molecule has 1 aliphatic carbocycles. The molecule has 0 aromatic heterocycles. The van der Waals surface area contributed by atoms with E-state index in [1.54, 1.807) is 0 Å². The largest absolute Gasteiger partial charge is 0.355 e. The van der Waals surface area contributed by atoms with Crippen LogP contribution in [0.2, 0.25) is 0 Å². The lowest BCUT2D eigenvalue weighted by molar-refractivity contribution is -0.120. The lowest BCUT2D eigenvalue weighted by Gasteiger charge is -2.26. The van der Waals surface area contributed by atoms with Gasteiger partial charge in [0.2, 0.25) is 5.91 Å². The summed E-state index contributed by atoms with van der Waals surface area (Å²) in [5, 5.41) is 6.16. The van der Waals surface area contributed by atoms with Gasteiger partial charge in [0.15, 0.2) is 0 Å². The summed E-state index contributed by atoms with van der Waals surface area (Å²) in [6.07, 6.45) is 4.85. The van der Waals surface area contributed by atoms with E-state index in [1.165, 1.54) is 19.3 Å². The van der Waals surface area contributed by atoms with Crippen LogP contribution in [0.25, 0.3) is 0 Å². The number of amides is 1. The predicted octanol–water partition coefficient (Wildman–Crippen LogP) is 1.29. The monoisotopic (exact) mass is 198 g/mol. The third kappa shape index (κ3) is 4.61. The molecule has 3 nitrogen and oxygen atoms in total. The van der Waals surface area contributed by atoms with E-state index in [0.29, 0.717) is 18.5 Å². The maximum Gasteiger partial charge on any atom is 0.233 e. The number of carbonyl (C=O) groups is 1. The van der Waals surface area contributed by atoms with Crippen LogP contribution in [0.4, 0.5) is 0 Å². The molecule has 0 aromatic carbocycles. The summed E-state index contributed by atoms with van der Waals surface area (Å²) in [5.74, 6) is 0.799. The quantitative estimate of drug-likeness (QED) is 0.675. The van der Waals surface area contributed by atoms with Crippen molar-refractivity contribution in [2.45, 2.75) is 45.6 Å². The van der Waals surface area contributed by atoms with Gasteiger partial charge in [-0.15, -0.1) is 0 Å². The first-order chi connectivity index (χ1) is 6.68. The SMILES string of the molecule is CC(C)CCNC(=O)CNC1CCC1. The van der Waals surface area contributed by atoms with Gasteiger partial charge < -0.3 is 10.6 Å². The number of hydrogen-bond acceptors (Lipinski definition) is 2. The molecule has 3 heteroatoms. The van der Waals surface area contributed by atoms with Gasteiger partial charge in [0.25, 0.3) is 0 Å². The minimum Gasteiger partial charge on any atom is -0.355 e. The van der Waals surface area contributed by atoms with Crippen molar-refractivity contribution in [3.63, 3.8) is 0 Å². The predicted molar refractivity (Wildman–Crippen MR) is 58.1 cm³/mol. The molecule has 0 radical (unpaired) electrons. The minimum atomic E-state index is 0.137. The fourth-order valence-electron chi connectivity index (χ4n) is 1.41. The topological polar surface area (TPSA) is 41.1 Å². The van der Waals surface area contributed by atoms with Crippen LogP contribution < -0.4 is 10.6 Å². The van der Waals surface area contributed by atoms with Gasteiger partial charge in [-0.2, -0.15) is 0 Å². The number of carbonyl (C=O) groups excluding carboxylic acids is 1. The van der Waals surface area contributed by atoms with Crippen LogP contribution in [-0.4, -0.2) is 25.0 Å². The highest BCUT2D eigenvalue weighted by Gasteiger charge is 2.17. The molecule has 0 bridgehead atoms. The van der Waals surface area contributed by atoms with Crippen LogP contribution in [0, 0.1) is 5.92 Å². The lowest BCUT2D eigenvalue weighted by atomic mass is 9.93. The van der Waals surface area contributed by atoms with Crippen LogP contribution in [0.5, 0.6) is 0 Å². The molecule has 1 saturated carbocycles. The van der Waals surface area contributed by atoms with E-state index in [1.807, 2.05) is 0 Å². The molecule has 0 aliphatic heterocycles. The zero-order chi connectivity index (χ0) is 10.4. The Hall–Kier alpha value is -0.570. The van der Waals surface area contributed by atoms with Crippen molar-refractivity contribution in [2.75, 3.05) is 13.1 Å². The minimum absolute atomic E-state index is 0.137. The molecule has 1 amide bonds. The maximum atomic E-state index is 11.3.